The van der Waals surface area contributed by atoms with Crippen molar-refractivity contribution in [2.45, 2.75) is 0 Å². The van der Waals surface area contributed by atoms with Crippen LogP contribution in [-0.2, 0) is 0 Å². The molecule has 1 heterocycles. The molecule has 0 aliphatic carbocycles. The van der Waals surface area contributed by atoms with Crippen LogP contribution < -0.4 is 10.2 Å². The predicted molar refractivity (Wildman–Crippen MR) is 85.0 cm³/mol. The van der Waals surface area contributed by atoms with Crippen LogP contribution in [0, 0.1) is 3.57 Å². The van der Waals surface area contributed by atoms with Crippen LogP contribution in [0.4, 0.5) is 0 Å². The summed E-state index contributed by atoms with van der Waals surface area (Å²) in [5.41, 5.74) is -0.417. The van der Waals surface area contributed by atoms with Gasteiger partial charge in [0, 0.05) is 15.7 Å². The second-order valence-corrected chi connectivity index (χ2v) is 5.57. The zero-order chi connectivity index (χ0) is 15.0. The number of rotatable bonds is 2. The van der Waals surface area contributed by atoms with Gasteiger partial charge in [-0.15, -0.1) is 0 Å². The molecule has 3 rings (SSSR count). The van der Waals surface area contributed by atoms with Crippen LogP contribution in [0.15, 0.2) is 51.9 Å². The normalized spacial score (nSPS) is 10.7. The molecule has 0 bridgehead atoms. The number of ether oxygens (including phenoxy) is 1. The van der Waals surface area contributed by atoms with Crippen molar-refractivity contribution >= 4 is 33.6 Å². The van der Waals surface area contributed by atoms with E-state index in [0.29, 0.717) is 5.75 Å². The van der Waals surface area contributed by atoms with Gasteiger partial charge in [0.25, 0.3) is 0 Å². The van der Waals surface area contributed by atoms with E-state index in [1.165, 1.54) is 6.07 Å². The smallest absolute Gasteiger partial charge is 0.238 e. The number of aromatic hydroxyl groups is 2. The van der Waals surface area contributed by atoms with Gasteiger partial charge in [0.15, 0.2) is 0 Å². The van der Waals surface area contributed by atoms with E-state index in [-0.39, 0.29) is 28.2 Å². The zero-order valence-corrected chi connectivity index (χ0v) is 12.7. The molecule has 21 heavy (non-hydrogen) atoms. The van der Waals surface area contributed by atoms with Crippen LogP contribution in [0.3, 0.4) is 0 Å². The summed E-state index contributed by atoms with van der Waals surface area (Å²) in [6.07, 6.45) is 1.15. The third kappa shape index (κ3) is 2.66. The van der Waals surface area contributed by atoms with Crippen LogP contribution in [0.2, 0.25) is 0 Å². The Morgan fingerprint density at radius 3 is 2.52 bits per heavy atom. The first-order valence-corrected chi connectivity index (χ1v) is 7.03. The fourth-order valence-corrected chi connectivity index (χ4v) is 2.26. The van der Waals surface area contributed by atoms with Crippen LogP contribution in [0.5, 0.6) is 23.0 Å². The second-order valence-electron chi connectivity index (χ2n) is 4.32. The molecule has 2 N–H and O–H groups in total. The Morgan fingerprint density at radius 2 is 1.81 bits per heavy atom. The number of fused-ring (bicyclic) bond motifs is 1. The Hall–Kier alpha value is -2.22. The van der Waals surface area contributed by atoms with E-state index in [1.807, 2.05) is 12.1 Å². The Labute approximate surface area is 132 Å². The molecular weight excluding hydrogens is 387 g/mol. The van der Waals surface area contributed by atoms with E-state index in [2.05, 4.69) is 22.6 Å². The zero-order valence-electron chi connectivity index (χ0n) is 10.5. The molecule has 0 saturated heterocycles. The van der Waals surface area contributed by atoms with Crippen LogP contribution in [0.1, 0.15) is 0 Å². The van der Waals surface area contributed by atoms with Crippen LogP contribution in [-0.4, -0.2) is 10.2 Å². The predicted octanol–water partition coefficient (Wildman–Crippen LogP) is 3.60. The lowest BCUT2D eigenvalue weighted by Gasteiger charge is -2.06. The molecule has 0 aliphatic heterocycles. The number of phenols is 2. The summed E-state index contributed by atoms with van der Waals surface area (Å²) in [7, 11) is 0. The van der Waals surface area contributed by atoms with Gasteiger partial charge in [0.1, 0.15) is 34.5 Å². The molecule has 2 aromatic carbocycles. The summed E-state index contributed by atoms with van der Waals surface area (Å²) in [5, 5.41) is 19.1. The minimum Gasteiger partial charge on any atom is -0.508 e. The van der Waals surface area contributed by atoms with Gasteiger partial charge in [0.2, 0.25) is 11.2 Å². The molecule has 0 unspecified atom stereocenters. The lowest BCUT2D eigenvalue weighted by Crippen LogP contribution is -2.05. The van der Waals surface area contributed by atoms with Gasteiger partial charge in [-0.1, -0.05) is 0 Å². The van der Waals surface area contributed by atoms with Crippen molar-refractivity contribution in [3.05, 3.63) is 56.5 Å². The molecule has 5 nitrogen and oxygen atoms in total. The van der Waals surface area contributed by atoms with Gasteiger partial charge in [-0.05, 0) is 46.9 Å². The van der Waals surface area contributed by atoms with Gasteiger partial charge in [-0.25, -0.2) is 0 Å². The highest BCUT2D eigenvalue weighted by atomic mass is 127. The van der Waals surface area contributed by atoms with E-state index in [1.54, 1.807) is 12.1 Å². The summed E-state index contributed by atoms with van der Waals surface area (Å²) in [5.74, 6) is -0.0914. The third-order valence-electron chi connectivity index (χ3n) is 2.85. The largest absolute Gasteiger partial charge is 0.508 e. The lowest BCUT2D eigenvalue weighted by molar-refractivity contribution is 0.439. The van der Waals surface area contributed by atoms with Gasteiger partial charge >= 0.3 is 0 Å². The van der Waals surface area contributed by atoms with Gasteiger partial charge in [-0.2, -0.15) is 0 Å². The fraction of sp³-hybridized carbons (Fsp3) is 0. The molecule has 0 radical (unpaired) electrons. The first-order chi connectivity index (χ1) is 10.0. The number of benzene rings is 2. The molecule has 0 saturated carbocycles. The number of halogens is 1. The Bertz CT molecular complexity index is 868. The molecule has 0 fully saturated rings. The highest BCUT2D eigenvalue weighted by molar-refractivity contribution is 14.1. The summed E-state index contributed by atoms with van der Waals surface area (Å²) >= 11 is 2.16. The molecule has 1 aromatic heterocycles. The quantitative estimate of drug-likeness (QED) is 0.648. The van der Waals surface area contributed by atoms with Gasteiger partial charge in [0.05, 0.1) is 0 Å². The summed E-state index contributed by atoms with van der Waals surface area (Å²) in [6, 6.07) is 9.46. The molecule has 0 amide bonds. The summed E-state index contributed by atoms with van der Waals surface area (Å²) < 4.78 is 11.7. The maximum Gasteiger partial charge on any atom is 0.238 e. The van der Waals surface area contributed by atoms with Crippen molar-refractivity contribution in [1.82, 2.24) is 0 Å². The average Bonchev–Trinajstić information content (AvgIpc) is 2.43. The van der Waals surface area contributed by atoms with Crippen molar-refractivity contribution in [2.24, 2.45) is 0 Å². The van der Waals surface area contributed by atoms with Crippen LogP contribution >= 0.6 is 22.6 Å². The van der Waals surface area contributed by atoms with E-state index in [0.717, 1.165) is 15.9 Å². The van der Waals surface area contributed by atoms with Crippen molar-refractivity contribution in [2.75, 3.05) is 0 Å². The lowest BCUT2D eigenvalue weighted by atomic mass is 10.2. The SMILES string of the molecule is O=c1c(Oc2ccc(I)cc2)coc2cc(O)cc(O)c12. The standard InChI is InChI=1S/C15H9IO5/c16-8-1-3-10(4-2-8)21-13-7-20-12-6-9(17)5-11(18)14(12)15(13)19/h1-7,17-18H. The van der Waals surface area contributed by atoms with Gasteiger partial charge in [-0.3, -0.25) is 4.79 Å². The molecule has 106 valence electrons. The van der Waals surface area contributed by atoms with E-state index in [4.69, 9.17) is 9.15 Å². The van der Waals surface area contributed by atoms with Crippen molar-refractivity contribution in [1.29, 1.82) is 0 Å². The number of hydrogen-bond donors (Lipinski definition) is 2. The number of hydrogen-bond acceptors (Lipinski definition) is 5. The molecule has 6 heteroatoms. The minimum atomic E-state index is -0.507. The molecule has 0 aliphatic rings. The maximum absolute atomic E-state index is 12.3. The molecular formula is C15H9IO5. The van der Waals surface area contributed by atoms with Crippen molar-refractivity contribution in [3.8, 4) is 23.0 Å². The summed E-state index contributed by atoms with van der Waals surface area (Å²) in [6.45, 7) is 0. The van der Waals surface area contributed by atoms with E-state index in [9.17, 15) is 15.0 Å². The maximum atomic E-state index is 12.3. The topological polar surface area (TPSA) is 79.9 Å². The number of phenolic OH excluding ortho intramolecular Hbond substituents is 2. The third-order valence-corrected chi connectivity index (χ3v) is 3.57. The van der Waals surface area contributed by atoms with Gasteiger partial charge < -0.3 is 19.4 Å². The summed E-state index contributed by atoms with van der Waals surface area (Å²) in [4.78, 5) is 12.3. The average molecular weight is 396 g/mol. The minimum absolute atomic E-state index is 0.0317. The fourth-order valence-electron chi connectivity index (χ4n) is 1.90. The first kappa shape index (κ1) is 13.7. The highest BCUT2D eigenvalue weighted by Gasteiger charge is 2.14. The van der Waals surface area contributed by atoms with E-state index < -0.39 is 5.43 Å². The Balaban J connectivity index is 2.10. The van der Waals surface area contributed by atoms with Crippen molar-refractivity contribution < 1.29 is 19.4 Å². The Morgan fingerprint density at radius 1 is 1.10 bits per heavy atom. The first-order valence-electron chi connectivity index (χ1n) is 5.95. The van der Waals surface area contributed by atoms with E-state index >= 15 is 0 Å². The molecule has 3 aromatic rings. The van der Waals surface area contributed by atoms with Crippen LogP contribution in [0.25, 0.3) is 11.0 Å². The monoisotopic (exact) mass is 396 g/mol. The highest BCUT2D eigenvalue weighted by Crippen LogP contribution is 2.30. The molecule has 0 atom stereocenters. The van der Waals surface area contributed by atoms with Crippen molar-refractivity contribution in [3.63, 3.8) is 0 Å². The molecule has 0 spiro atoms. The second kappa shape index (κ2) is 5.28. The Kier molecular flexibility index (Phi) is 3.46.